The van der Waals surface area contributed by atoms with E-state index in [9.17, 15) is 4.79 Å². The first-order chi connectivity index (χ1) is 12.9. The first-order valence-corrected chi connectivity index (χ1v) is 11.9. The third kappa shape index (κ3) is 6.91. The number of carbonyl (C=O) groups is 1. The maximum atomic E-state index is 12.4. The number of carbonyl (C=O) groups excluding carboxylic acids is 1. The molecule has 0 bridgehead atoms. The minimum atomic E-state index is -0.458. The van der Waals surface area contributed by atoms with Crippen LogP contribution >= 0.6 is 23.5 Å². The summed E-state index contributed by atoms with van der Waals surface area (Å²) < 4.78 is 12.5. The molecule has 0 aliphatic carbocycles. The third-order valence-electron chi connectivity index (χ3n) is 4.60. The van der Waals surface area contributed by atoms with Gasteiger partial charge in [-0.1, -0.05) is 30.3 Å². The van der Waals surface area contributed by atoms with Gasteiger partial charge in [0.05, 0.1) is 23.3 Å². The number of ether oxygens (including phenoxy) is 2. The van der Waals surface area contributed by atoms with Crippen molar-refractivity contribution in [3.8, 4) is 0 Å². The summed E-state index contributed by atoms with van der Waals surface area (Å²) in [5.41, 5.74) is 0.716. The molecule has 0 unspecified atom stereocenters. The molecule has 0 N–H and O–H groups in total. The summed E-state index contributed by atoms with van der Waals surface area (Å²) in [4.78, 5) is 14.2. The Balaban J connectivity index is 1.55. The minimum Gasteiger partial charge on any atom is -0.444 e. The summed E-state index contributed by atoms with van der Waals surface area (Å²) in [5.74, 6) is 2.53. The van der Waals surface area contributed by atoms with E-state index in [4.69, 9.17) is 9.47 Å². The molecule has 1 amide bonds. The lowest BCUT2D eigenvalue weighted by atomic mass is 10.1. The minimum absolute atomic E-state index is 0.0702. The van der Waals surface area contributed by atoms with E-state index < -0.39 is 5.60 Å². The summed E-state index contributed by atoms with van der Waals surface area (Å²) in [7, 11) is 0. The van der Waals surface area contributed by atoms with Crippen molar-refractivity contribution in [2.75, 3.05) is 18.1 Å². The van der Waals surface area contributed by atoms with Crippen molar-refractivity contribution in [1.29, 1.82) is 0 Å². The van der Waals surface area contributed by atoms with Crippen LogP contribution in [0.2, 0.25) is 0 Å². The monoisotopic (exact) mass is 409 g/mol. The van der Waals surface area contributed by atoms with Gasteiger partial charge < -0.3 is 9.47 Å². The Morgan fingerprint density at radius 3 is 2.59 bits per heavy atom. The molecule has 2 heterocycles. The molecule has 0 aromatic heterocycles. The first kappa shape index (κ1) is 20.9. The van der Waals surface area contributed by atoms with Crippen molar-refractivity contribution in [2.45, 2.75) is 69.0 Å². The zero-order valence-electron chi connectivity index (χ0n) is 16.6. The molecule has 1 aromatic rings. The molecule has 2 aliphatic heterocycles. The van der Waals surface area contributed by atoms with Gasteiger partial charge in [0.15, 0.2) is 0 Å². The SMILES string of the molecule is CC(C)(C)OC(=O)N1C[C@H]1[C@H](CCC1SCCCS1)OCc1ccccc1. The van der Waals surface area contributed by atoms with Crippen LogP contribution in [0.5, 0.6) is 0 Å². The van der Waals surface area contributed by atoms with Gasteiger partial charge in [0.2, 0.25) is 0 Å². The van der Waals surface area contributed by atoms with E-state index in [0.29, 0.717) is 11.2 Å². The quantitative estimate of drug-likeness (QED) is 0.581. The van der Waals surface area contributed by atoms with Crippen LogP contribution in [0.3, 0.4) is 0 Å². The second-order valence-corrected chi connectivity index (χ2v) is 11.1. The smallest absolute Gasteiger partial charge is 0.410 e. The van der Waals surface area contributed by atoms with Crippen LogP contribution in [-0.4, -0.2) is 51.4 Å². The molecular weight excluding hydrogens is 378 g/mol. The van der Waals surface area contributed by atoms with Crippen molar-refractivity contribution in [1.82, 2.24) is 4.90 Å². The van der Waals surface area contributed by atoms with Crippen molar-refractivity contribution in [3.05, 3.63) is 35.9 Å². The molecule has 6 heteroatoms. The van der Waals surface area contributed by atoms with Crippen LogP contribution in [0, 0.1) is 0 Å². The van der Waals surface area contributed by atoms with Crippen LogP contribution < -0.4 is 0 Å². The van der Waals surface area contributed by atoms with Gasteiger partial charge >= 0.3 is 6.09 Å². The van der Waals surface area contributed by atoms with E-state index >= 15 is 0 Å². The number of rotatable bonds is 7. The molecule has 2 fully saturated rings. The van der Waals surface area contributed by atoms with Gasteiger partial charge in [0, 0.05) is 6.54 Å². The number of hydrogen-bond donors (Lipinski definition) is 0. The van der Waals surface area contributed by atoms with Crippen LogP contribution in [0.4, 0.5) is 4.79 Å². The summed E-state index contributed by atoms with van der Waals surface area (Å²) in [6.45, 7) is 7.05. The zero-order valence-corrected chi connectivity index (χ0v) is 18.2. The fraction of sp³-hybridized carbons (Fsp3) is 0.667. The number of hydrogen-bond acceptors (Lipinski definition) is 5. The average molecular weight is 410 g/mol. The zero-order chi connectivity index (χ0) is 19.3. The Kier molecular flexibility index (Phi) is 7.40. The summed E-state index contributed by atoms with van der Waals surface area (Å²) in [5, 5.41) is 0. The lowest BCUT2D eigenvalue weighted by Gasteiger charge is -2.25. The van der Waals surface area contributed by atoms with Gasteiger partial charge in [-0.15, -0.1) is 23.5 Å². The van der Waals surface area contributed by atoms with Crippen LogP contribution in [0.15, 0.2) is 30.3 Å². The molecule has 2 aliphatic rings. The van der Waals surface area contributed by atoms with E-state index in [2.05, 4.69) is 35.7 Å². The lowest BCUT2D eigenvalue weighted by molar-refractivity contribution is 0.0133. The predicted molar refractivity (Wildman–Crippen MR) is 114 cm³/mol. The standard InChI is InChI=1S/C21H31NO3S2/c1-21(2,3)25-20(23)22-14-17(22)18(10-11-19-26-12-7-13-27-19)24-15-16-8-5-4-6-9-16/h4-6,8-9,17-19H,7,10-15H2,1-3H3/t17-,18-,22?/m0/s1. The molecule has 0 radical (unpaired) electrons. The maximum absolute atomic E-state index is 12.4. The van der Waals surface area contributed by atoms with Gasteiger partial charge in [0.25, 0.3) is 0 Å². The normalized spacial score (nSPS) is 21.7. The van der Waals surface area contributed by atoms with E-state index in [-0.39, 0.29) is 18.2 Å². The predicted octanol–water partition coefficient (Wildman–Crippen LogP) is 5.17. The molecule has 2 saturated heterocycles. The van der Waals surface area contributed by atoms with Crippen LogP contribution in [-0.2, 0) is 16.1 Å². The molecule has 4 nitrogen and oxygen atoms in total. The molecular formula is C21H31NO3S2. The highest BCUT2D eigenvalue weighted by atomic mass is 32.2. The molecule has 3 rings (SSSR count). The molecule has 2 atom stereocenters. The second-order valence-electron chi connectivity index (χ2n) is 8.14. The molecule has 150 valence electrons. The second kappa shape index (κ2) is 9.57. The summed E-state index contributed by atoms with van der Waals surface area (Å²) in [6.07, 6.45) is 3.28. The van der Waals surface area contributed by atoms with Gasteiger partial charge in [0.1, 0.15) is 5.60 Å². The van der Waals surface area contributed by atoms with Gasteiger partial charge in [-0.3, -0.25) is 4.90 Å². The highest BCUT2D eigenvalue weighted by Gasteiger charge is 2.46. The Labute approximate surface area is 171 Å². The Morgan fingerprint density at radius 2 is 1.93 bits per heavy atom. The molecule has 27 heavy (non-hydrogen) atoms. The molecule has 0 saturated carbocycles. The van der Waals surface area contributed by atoms with Crippen molar-refractivity contribution in [3.63, 3.8) is 0 Å². The Morgan fingerprint density at radius 1 is 1.22 bits per heavy atom. The Bertz CT molecular complexity index is 599. The summed E-state index contributed by atoms with van der Waals surface area (Å²) in [6, 6.07) is 10.4. The first-order valence-electron chi connectivity index (χ1n) is 9.81. The number of thioether (sulfide) groups is 2. The van der Waals surface area contributed by atoms with Gasteiger partial charge in [-0.25, -0.2) is 4.79 Å². The van der Waals surface area contributed by atoms with Crippen molar-refractivity contribution >= 4 is 29.6 Å². The highest BCUT2D eigenvalue weighted by molar-refractivity contribution is 8.17. The molecule has 0 spiro atoms. The van der Waals surface area contributed by atoms with Gasteiger partial charge in [-0.2, -0.15) is 0 Å². The fourth-order valence-electron chi connectivity index (χ4n) is 3.17. The lowest BCUT2D eigenvalue weighted by Crippen LogP contribution is -2.31. The topological polar surface area (TPSA) is 38.5 Å². The fourth-order valence-corrected chi connectivity index (χ4v) is 6.07. The van der Waals surface area contributed by atoms with Crippen LogP contribution in [0.25, 0.3) is 0 Å². The number of amides is 1. The molecule has 1 aromatic carbocycles. The van der Waals surface area contributed by atoms with Crippen molar-refractivity contribution in [2.24, 2.45) is 0 Å². The van der Waals surface area contributed by atoms with Gasteiger partial charge in [-0.05, 0) is 57.1 Å². The number of benzene rings is 1. The van der Waals surface area contributed by atoms with Crippen molar-refractivity contribution < 1.29 is 14.3 Å². The van der Waals surface area contributed by atoms with E-state index in [0.717, 1.165) is 19.4 Å². The number of nitrogens with zero attached hydrogens (tertiary/aromatic N) is 1. The Hall–Kier alpha value is -0.850. The third-order valence-corrected chi connectivity index (χ3v) is 7.68. The average Bonchev–Trinajstić information content (AvgIpc) is 3.43. The van der Waals surface area contributed by atoms with E-state index in [1.807, 2.05) is 43.9 Å². The summed E-state index contributed by atoms with van der Waals surface area (Å²) >= 11 is 4.14. The largest absolute Gasteiger partial charge is 0.444 e. The van der Waals surface area contributed by atoms with Crippen LogP contribution in [0.1, 0.15) is 45.6 Å². The highest BCUT2D eigenvalue weighted by Crippen LogP contribution is 2.36. The van der Waals surface area contributed by atoms with E-state index in [1.165, 1.54) is 23.5 Å². The van der Waals surface area contributed by atoms with E-state index in [1.54, 1.807) is 0 Å². The maximum Gasteiger partial charge on any atom is 0.410 e.